The van der Waals surface area contributed by atoms with Crippen LogP contribution in [0, 0.1) is 0 Å². The zero-order valence-electron chi connectivity index (χ0n) is 37.5. The van der Waals surface area contributed by atoms with E-state index in [2.05, 4.69) is 264 Å². The molecule has 14 rings (SSSR count). The molecule has 0 fully saturated rings. The van der Waals surface area contributed by atoms with Crippen molar-refractivity contribution in [2.75, 3.05) is 0 Å². The Labute approximate surface area is 399 Å². The van der Waals surface area contributed by atoms with Crippen molar-refractivity contribution in [2.24, 2.45) is 0 Å². The van der Waals surface area contributed by atoms with Crippen LogP contribution in [0.2, 0.25) is 0 Å². The van der Waals surface area contributed by atoms with Gasteiger partial charge in [0.2, 0.25) is 0 Å². The summed E-state index contributed by atoms with van der Waals surface area (Å²) in [5, 5.41) is 4.86. The van der Waals surface area contributed by atoms with E-state index in [4.69, 9.17) is 9.97 Å². The van der Waals surface area contributed by atoms with Crippen LogP contribution in [0.25, 0.3) is 100 Å². The van der Waals surface area contributed by atoms with Gasteiger partial charge in [-0.15, -0.1) is 0 Å². The van der Waals surface area contributed by atoms with E-state index in [1.54, 1.807) is 0 Å². The van der Waals surface area contributed by atoms with Crippen molar-refractivity contribution in [1.29, 1.82) is 0 Å². The number of rotatable bonds is 7. The Morgan fingerprint density at radius 2 is 0.725 bits per heavy atom. The first kappa shape index (κ1) is 39.1. The smallest absolute Gasteiger partial charge is 0.160 e. The van der Waals surface area contributed by atoms with Gasteiger partial charge >= 0.3 is 0 Å². The molecular formula is C65H42N4. The molecule has 0 unspecified atom stereocenters. The average molecular weight is 879 g/mol. The van der Waals surface area contributed by atoms with Crippen LogP contribution in [-0.4, -0.2) is 19.1 Å². The van der Waals surface area contributed by atoms with E-state index < -0.39 is 5.41 Å². The van der Waals surface area contributed by atoms with E-state index in [1.165, 1.54) is 54.9 Å². The molecule has 0 atom stereocenters. The maximum absolute atomic E-state index is 5.53. The van der Waals surface area contributed by atoms with E-state index in [-0.39, 0.29) is 0 Å². The quantitative estimate of drug-likeness (QED) is 0.160. The molecule has 0 amide bonds. The first-order chi connectivity index (χ1) is 34.2. The van der Waals surface area contributed by atoms with E-state index in [0.717, 1.165) is 61.5 Å². The highest BCUT2D eigenvalue weighted by molar-refractivity contribution is 6.11. The van der Waals surface area contributed by atoms with Gasteiger partial charge in [0.05, 0.1) is 38.9 Å². The first-order valence-corrected chi connectivity index (χ1v) is 23.7. The van der Waals surface area contributed by atoms with Crippen molar-refractivity contribution in [2.45, 2.75) is 5.41 Å². The highest BCUT2D eigenvalue weighted by atomic mass is 15.0. The molecule has 3 heterocycles. The molecule has 1 aliphatic carbocycles. The van der Waals surface area contributed by atoms with Crippen LogP contribution in [-0.2, 0) is 5.41 Å². The van der Waals surface area contributed by atoms with E-state index >= 15 is 0 Å². The standard InChI is InChI=1S/C65H42N4/c1-4-21-43(22-5-1)64-66-57(42-58(67-64)54-32-20-34-56-63(54)53-31-10-15-33-55(53)65(56,45-23-6-2-7-24-45)46-25-8-3-9-26-46)44-39-47(68-59-35-16-11-27-49(59)50-28-12-17-36-60(50)68)41-48(40-44)69-61-37-18-13-29-51(61)52-30-14-19-38-62(52)69/h1-42H. The Morgan fingerprint density at radius 3 is 1.26 bits per heavy atom. The Bertz CT molecular complexity index is 3850. The summed E-state index contributed by atoms with van der Waals surface area (Å²) in [7, 11) is 0. The fourth-order valence-electron chi connectivity index (χ4n) is 11.6. The van der Waals surface area contributed by atoms with Crippen LogP contribution in [0.4, 0.5) is 0 Å². The largest absolute Gasteiger partial charge is 0.309 e. The molecular weight excluding hydrogens is 837 g/mol. The topological polar surface area (TPSA) is 35.6 Å². The molecule has 4 nitrogen and oxygen atoms in total. The molecule has 1 aliphatic rings. The van der Waals surface area contributed by atoms with Gasteiger partial charge in [-0.05, 0) is 81.9 Å². The molecule has 0 saturated carbocycles. The number of para-hydroxylation sites is 4. The summed E-state index contributed by atoms with van der Waals surface area (Å²) in [5.74, 6) is 0.671. The predicted octanol–water partition coefficient (Wildman–Crippen LogP) is 16.0. The molecule has 0 saturated heterocycles. The third-order valence-electron chi connectivity index (χ3n) is 14.4. The highest BCUT2D eigenvalue weighted by Crippen LogP contribution is 2.58. The number of benzene rings is 10. The van der Waals surface area contributed by atoms with Crippen molar-refractivity contribution in [3.8, 4) is 56.4 Å². The van der Waals surface area contributed by atoms with Gasteiger partial charge in [0, 0.05) is 49.6 Å². The average Bonchev–Trinajstić information content (AvgIpc) is 4.06. The second-order valence-corrected chi connectivity index (χ2v) is 18.1. The first-order valence-electron chi connectivity index (χ1n) is 23.7. The SMILES string of the molecule is c1ccc(-c2nc(-c3cc(-n4c5ccccc5c5ccccc54)cc(-n4c5ccccc5c5ccccc54)c3)cc(-c3cccc4c3-c3ccccc3C4(c3ccccc3)c3ccccc3)n2)cc1. The van der Waals surface area contributed by atoms with E-state index in [0.29, 0.717) is 5.82 Å². The van der Waals surface area contributed by atoms with Crippen molar-refractivity contribution in [1.82, 2.24) is 19.1 Å². The molecule has 13 aromatic rings. The van der Waals surface area contributed by atoms with Gasteiger partial charge < -0.3 is 9.13 Å². The minimum Gasteiger partial charge on any atom is -0.309 e. The fraction of sp³-hybridized carbons (Fsp3) is 0.0154. The Hall–Kier alpha value is -9.12. The zero-order chi connectivity index (χ0) is 45.5. The molecule has 4 heteroatoms. The third kappa shape index (κ3) is 5.89. The number of nitrogens with zero attached hydrogens (tertiary/aromatic N) is 4. The number of fused-ring (bicyclic) bond motifs is 9. The number of hydrogen-bond acceptors (Lipinski definition) is 2. The van der Waals surface area contributed by atoms with Crippen LogP contribution in [0.3, 0.4) is 0 Å². The summed E-state index contributed by atoms with van der Waals surface area (Å²) >= 11 is 0. The molecule has 0 aliphatic heterocycles. The van der Waals surface area contributed by atoms with Crippen molar-refractivity contribution < 1.29 is 0 Å². The van der Waals surface area contributed by atoms with Crippen LogP contribution in [0.15, 0.2) is 255 Å². The van der Waals surface area contributed by atoms with Crippen LogP contribution >= 0.6 is 0 Å². The van der Waals surface area contributed by atoms with Crippen LogP contribution in [0.5, 0.6) is 0 Å². The molecule has 69 heavy (non-hydrogen) atoms. The summed E-state index contributed by atoms with van der Waals surface area (Å²) in [6, 6.07) is 92.3. The second kappa shape index (κ2) is 15.5. The van der Waals surface area contributed by atoms with Crippen LogP contribution in [0.1, 0.15) is 22.3 Å². The normalized spacial score (nSPS) is 12.8. The Kier molecular flexibility index (Phi) is 8.77. The molecule has 3 aromatic heterocycles. The molecule has 322 valence electrons. The lowest BCUT2D eigenvalue weighted by atomic mass is 9.67. The Morgan fingerprint density at radius 1 is 0.304 bits per heavy atom. The monoisotopic (exact) mass is 878 g/mol. The van der Waals surface area contributed by atoms with Gasteiger partial charge in [-0.3, -0.25) is 0 Å². The zero-order valence-corrected chi connectivity index (χ0v) is 37.5. The van der Waals surface area contributed by atoms with Crippen molar-refractivity contribution in [3.05, 3.63) is 277 Å². The van der Waals surface area contributed by atoms with Crippen molar-refractivity contribution in [3.63, 3.8) is 0 Å². The molecule has 0 spiro atoms. The second-order valence-electron chi connectivity index (χ2n) is 18.1. The van der Waals surface area contributed by atoms with Gasteiger partial charge in [-0.25, -0.2) is 9.97 Å². The summed E-state index contributed by atoms with van der Waals surface area (Å²) in [6.07, 6.45) is 0. The Balaban J connectivity index is 1.07. The number of hydrogen-bond donors (Lipinski definition) is 0. The minimum atomic E-state index is -0.545. The summed E-state index contributed by atoms with van der Waals surface area (Å²) in [5.41, 5.74) is 18.2. The number of aromatic nitrogens is 4. The van der Waals surface area contributed by atoms with Gasteiger partial charge in [0.1, 0.15) is 0 Å². The lowest BCUT2D eigenvalue weighted by molar-refractivity contribution is 0.768. The van der Waals surface area contributed by atoms with Gasteiger partial charge in [0.15, 0.2) is 5.82 Å². The highest BCUT2D eigenvalue weighted by Gasteiger charge is 2.46. The molecule has 0 N–H and O–H groups in total. The predicted molar refractivity (Wildman–Crippen MR) is 284 cm³/mol. The minimum absolute atomic E-state index is 0.545. The maximum Gasteiger partial charge on any atom is 0.160 e. The summed E-state index contributed by atoms with van der Waals surface area (Å²) in [6.45, 7) is 0. The summed E-state index contributed by atoms with van der Waals surface area (Å²) < 4.78 is 4.83. The maximum atomic E-state index is 5.53. The molecule has 0 bridgehead atoms. The lowest BCUT2D eigenvalue weighted by Crippen LogP contribution is -2.28. The van der Waals surface area contributed by atoms with Gasteiger partial charge in [0.25, 0.3) is 0 Å². The fourth-order valence-corrected chi connectivity index (χ4v) is 11.6. The van der Waals surface area contributed by atoms with E-state index in [9.17, 15) is 0 Å². The van der Waals surface area contributed by atoms with E-state index in [1.807, 2.05) is 0 Å². The van der Waals surface area contributed by atoms with Gasteiger partial charge in [-0.2, -0.15) is 0 Å². The van der Waals surface area contributed by atoms with Gasteiger partial charge in [-0.1, -0.05) is 206 Å². The lowest BCUT2D eigenvalue weighted by Gasteiger charge is -2.33. The molecule has 10 aromatic carbocycles. The summed E-state index contributed by atoms with van der Waals surface area (Å²) in [4.78, 5) is 11.1. The van der Waals surface area contributed by atoms with Crippen molar-refractivity contribution >= 4 is 43.6 Å². The van der Waals surface area contributed by atoms with Crippen LogP contribution < -0.4 is 0 Å². The molecule has 0 radical (unpaired) electrons. The third-order valence-corrected chi connectivity index (χ3v) is 14.4.